The van der Waals surface area contributed by atoms with Crippen molar-refractivity contribution in [2.45, 2.75) is 49.8 Å². The number of benzene rings is 2. The summed E-state index contributed by atoms with van der Waals surface area (Å²) < 4.78 is 21.8. The first-order valence-corrected chi connectivity index (χ1v) is 10.3. The van der Waals surface area contributed by atoms with E-state index in [4.69, 9.17) is 18.9 Å². The van der Waals surface area contributed by atoms with Crippen molar-refractivity contribution in [3.05, 3.63) is 35.4 Å². The van der Waals surface area contributed by atoms with Crippen LogP contribution in [0.5, 0.6) is 34.5 Å². The molecule has 1 fully saturated rings. The van der Waals surface area contributed by atoms with Crippen LogP contribution in [-0.4, -0.2) is 85.4 Å². The molecule has 1 saturated heterocycles. The molecular formula is C22H24O12. The first-order chi connectivity index (χ1) is 16.0. The molecule has 2 aromatic carbocycles. The van der Waals surface area contributed by atoms with E-state index in [9.17, 15) is 40.5 Å². The standard InChI is InChI=1S/C22H24O12/c1-7-15(26)17(28)19(30)22(32-7)34-21-11(25)3-8(4-13(21)31-2)20-18(29)16(27)14-10(24)5-9(23)6-12(14)33-20/h3-7,15,17-20,22-26,28-30H,1-2H3. The van der Waals surface area contributed by atoms with Crippen molar-refractivity contribution < 1.29 is 59.5 Å². The molecule has 2 aromatic rings. The van der Waals surface area contributed by atoms with E-state index in [0.29, 0.717) is 0 Å². The number of fused-ring (bicyclic) bond motifs is 1. The molecule has 7 N–H and O–H groups in total. The molecule has 12 nitrogen and oxygen atoms in total. The summed E-state index contributed by atoms with van der Waals surface area (Å²) in [5.41, 5.74) is -0.207. The summed E-state index contributed by atoms with van der Waals surface area (Å²) in [5, 5.41) is 70.8. The van der Waals surface area contributed by atoms with Gasteiger partial charge in [0.2, 0.25) is 17.8 Å². The Balaban J connectivity index is 1.66. The van der Waals surface area contributed by atoms with E-state index in [1.165, 1.54) is 20.1 Å². The molecule has 2 aliphatic heterocycles. The average molecular weight is 480 g/mol. The molecule has 4 rings (SSSR count). The second-order valence-corrected chi connectivity index (χ2v) is 8.06. The van der Waals surface area contributed by atoms with Crippen molar-refractivity contribution in [2.75, 3.05) is 7.11 Å². The largest absolute Gasteiger partial charge is 0.508 e. The Morgan fingerprint density at radius 1 is 0.912 bits per heavy atom. The van der Waals surface area contributed by atoms with Crippen LogP contribution in [0.1, 0.15) is 28.9 Å². The number of ketones is 1. The molecule has 34 heavy (non-hydrogen) atoms. The van der Waals surface area contributed by atoms with Crippen LogP contribution < -0.4 is 14.2 Å². The highest BCUT2D eigenvalue weighted by Crippen LogP contribution is 2.46. The predicted octanol–water partition coefficient (Wildman–Crippen LogP) is -0.304. The van der Waals surface area contributed by atoms with Gasteiger partial charge in [-0.3, -0.25) is 4.79 Å². The quantitative estimate of drug-likeness (QED) is 0.302. The first-order valence-electron chi connectivity index (χ1n) is 10.3. The molecule has 0 aliphatic carbocycles. The molecular weight excluding hydrogens is 456 g/mol. The highest BCUT2D eigenvalue weighted by atomic mass is 16.7. The lowest BCUT2D eigenvalue weighted by Crippen LogP contribution is -2.58. The van der Waals surface area contributed by atoms with Crippen LogP contribution in [0, 0.1) is 0 Å². The maximum absolute atomic E-state index is 12.6. The Kier molecular flexibility index (Phi) is 6.18. The second kappa shape index (κ2) is 8.81. The Bertz CT molecular complexity index is 1100. The lowest BCUT2D eigenvalue weighted by atomic mass is 9.92. The summed E-state index contributed by atoms with van der Waals surface area (Å²) in [6.07, 6.45) is -10.0. The van der Waals surface area contributed by atoms with Crippen molar-refractivity contribution in [3.63, 3.8) is 0 Å². The second-order valence-electron chi connectivity index (χ2n) is 8.06. The lowest BCUT2D eigenvalue weighted by Gasteiger charge is -2.39. The molecule has 0 spiro atoms. The fourth-order valence-electron chi connectivity index (χ4n) is 3.93. The Hall–Kier alpha value is -3.29. The molecule has 12 heteroatoms. The van der Waals surface area contributed by atoms with Crippen molar-refractivity contribution in [1.29, 1.82) is 0 Å². The molecule has 2 aliphatic rings. The van der Waals surface area contributed by atoms with Crippen LogP contribution in [0.15, 0.2) is 24.3 Å². The minimum Gasteiger partial charge on any atom is -0.508 e. The van der Waals surface area contributed by atoms with Gasteiger partial charge < -0.3 is 54.7 Å². The van der Waals surface area contributed by atoms with Gasteiger partial charge >= 0.3 is 0 Å². The highest BCUT2D eigenvalue weighted by Gasteiger charge is 2.44. The monoisotopic (exact) mass is 480 g/mol. The van der Waals surface area contributed by atoms with Crippen molar-refractivity contribution in [1.82, 2.24) is 0 Å². The molecule has 2 heterocycles. The third-order valence-electron chi connectivity index (χ3n) is 5.77. The number of Topliss-reactive ketones (excluding diaryl/α,β-unsaturated/α-hetero) is 1. The van der Waals surface area contributed by atoms with Crippen LogP contribution in [0.25, 0.3) is 0 Å². The van der Waals surface area contributed by atoms with Gasteiger partial charge in [0.15, 0.2) is 23.7 Å². The summed E-state index contributed by atoms with van der Waals surface area (Å²) in [4.78, 5) is 12.6. The van der Waals surface area contributed by atoms with Crippen molar-refractivity contribution in [3.8, 4) is 34.5 Å². The van der Waals surface area contributed by atoms with Gasteiger partial charge in [-0.25, -0.2) is 0 Å². The van der Waals surface area contributed by atoms with Crippen LogP contribution in [0.4, 0.5) is 0 Å². The molecule has 0 radical (unpaired) electrons. The van der Waals surface area contributed by atoms with Crippen LogP contribution in [0.3, 0.4) is 0 Å². The predicted molar refractivity (Wildman–Crippen MR) is 111 cm³/mol. The number of rotatable bonds is 4. The van der Waals surface area contributed by atoms with Crippen LogP contribution in [-0.2, 0) is 4.74 Å². The van der Waals surface area contributed by atoms with Crippen LogP contribution >= 0.6 is 0 Å². The Morgan fingerprint density at radius 3 is 2.29 bits per heavy atom. The van der Waals surface area contributed by atoms with E-state index < -0.39 is 60.2 Å². The fourth-order valence-corrected chi connectivity index (χ4v) is 3.93. The van der Waals surface area contributed by atoms with Crippen molar-refractivity contribution in [2.24, 2.45) is 0 Å². The van der Waals surface area contributed by atoms with E-state index >= 15 is 0 Å². The van der Waals surface area contributed by atoms with E-state index in [0.717, 1.165) is 18.2 Å². The maximum Gasteiger partial charge on any atom is 0.229 e. The van der Waals surface area contributed by atoms with Gasteiger partial charge in [0.25, 0.3) is 0 Å². The van der Waals surface area contributed by atoms with Gasteiger partial charge in [0, 0.05) is 17.7 Å². The van der Waals surface area contributed by atoms with Gasteiger partial charge in [0.1, 0.15) is 41.1 Å². The van der Waals surface area contributed by atoms with E-state index in [-0.39, 0.29) is 34.1 Å². The molecule has 0 aromatic heterocycles. The van der Waals surface area contributed by atoms with E-state index in [1.54, 1.807) is 0 Å². The fraction of sp³-hybridized carbons (Fsp3) is 0.409. The number of hydrogen-bond donors (Lipinski definition) is 7. The van der Waals surface area contributed by atoms with Crippen molar-refractivity contribution >= 4 is 5.78 Å². The Morgan fingerprint density at radius 2 is 1.62 bits per heavy atom. The molecule has 0 saturated carbocycles. The number of aromatic hydroxyl groups is 3. The summed E-state index contributed by atoms with van der Waals surface area (Å²) in [6, 6.07) is 4.46. The van der Waals surface area contributed by atoms with E-state index in [1.807, 2.05) is 0 Å². The molecule has 7 unspecified atom stereocenters. The molecule has 0 bridgehead atoms. The number of methoxy groups -OCH3 is 1. The summed E-state index contributed by atoms with van der Waals surface area (Å²) >= 11 is 0. The molecule has 7 atom stereocenters. The SMILES string of the molecule is COc1cc(C2Oc3cc(O)cc(O)c3C(=O)C2O)cc(O)c1OC1OC(C)C(O)C(O)C1O. The summed E-state index contributed by atoms with van der Waals surface area (Å²) in [7, 11) is 1.25. The average Bonchev–Trinajstić information content (AvgIpc) is 2.78. The van der Waals surface area contributed by atoms with Gasteiger partial charge in [0.05, 0.1) is 13.2 Å². The number of phenolic OH excluding ortho intramolecular Hbond substituents is 3. The topological polar surface area (TPSA) is 196 Å². The lowest BCUT2D eigenvalue weighted by molar-refractivity contribution is -0.268. The summed E-state index contributed by atoms with van der Waals surface area (Å²) in [6.45, 7) is 1.46. The third kappa shape index (κ3) is 3.95. The normalized spacial score (nSPS) is 30.9. The minimum atomic E-state index is -1.76. The highest BCUT2D eigenvalue weighted by molar-refractivity contribution is 6.05. The van der Waals surface area contributed by atoms with Gasteiger partial charge in [-0.05, 0) is 19.1 Å². The van der Waals surface area contributed by atoms with Gasteiger partial charge in [-0.2, -0.15) is 0 Å². The van der Waals surface area contributed by atoms with Gasteiger partial charge in [-0.15, -0.1) is 0 Å². The number of carbonyl (C=O) groups is 1. The van der Waals surface area contributed by atoms with E-state index in [2.05, 4.69) is 0 Å². The zero-order valence-electron chi connectivity index (χ0n) is 18.0. The third-order valence-corrected chi connectivity index (χ3v) is 5.77. The molecule has 0 amide bonds. The smallest absolute Gasteiger partial charge is 0.229 e. The van der Waals surface area contributed by atoms with Gasteiger partial charge in [-0.1, -0.05) is 0 Å². The number of ether oxygens (including phenoxy) is 4. The zero-order valence-corrected chi connectivity index (χ0v) is 18.0. The number of phenols is 3. The van der Waals surface area contributed by atoms with Crippen LogP contribution in [0.2, 0.25) is 0 Å². The number of carbonyl (C=O) groups excluding carboxylic acids is 1. The molecule has 184 valence electrons. The number of aliphatic hydroxyl groups excluding tert-OH is 4. The summed E-state index contributed by atoms with van der Waals surface area (Å²) in [5.74, 6) is -2.86. The Labute approximate surface area is 192 Å². The first kappa shape index (κ1) is 23.9. The number of aliphatic hydroxyl groups is 4. The minimum absolute atomic E-state index is 0.0879. The maximum atomic E-state index is 12.6. The zero-order chi connectivity index (χ0) is 24.9. The number of hydrogen-bond acceptors (Lipinski definition) is 12.